The highest BCUT2D eigenvalue weighted by Crippen LogP contribution is 2.27. The van der Waals surface area contributed by atoms with Gasteiger partial charge in [0.1, 0.15) is 10.8 Å². The van der Waals surface area contributed by atoms with Crippen molar-refractivity contribution in [3.63, 3.8) is 0 Å². The molecule has 8 heteroatoms. The van der Waals surface area contributed by atoms with Crippen LogP contribution >= 0.6 is 11.3 Å². The smallest absolute Gasteiger partial charge is 0.251 e. The molecule has 2 aromatic rings. The standard InChI is InChI=1S/C18H22N4O3S/c19-17(25)13-6-12-26-18(13)20-16(24)5-7-21-8-10-22(11-9-21)14-3-1-2-4-15(14)23/h1-4,6,12,23H,5,7-11H2,(H2,19,25)(H,20,24). The molecule has 2 amide bonds. The number of phenols is 1. The topological polar surface area (TPSA) is 98.9 Å². The van der Waals surface area contributed by atoms with Crippen LogP contribution < -0.4 is 16.0 Å². The lowest BCUT2D eigenvalue weighted by molar-refractivity contribution is -0.116. The maximum absolute atomic E-state index is 12.1. The summed E-state index contributed by atoms with van der Waals surface area (Å²) < 4.78 is 0. The Morgan fingerprint density at radius 3 is 2.58 bits per heavy atom. The number of para-hydroxylation sites is 2. The number of thiophene rings is 1. The van der Waals surface area contributed by atoms with Crippen molar-refractivity contribution in [2.75, 3.05) is 42.9 Å². The Kier molecular flexibility index (Phi) is 5.75. The van der Waals surface area contributed by atoms with E-state index in [1.165, 1.54) is 11.3 Å². The van der Waals surface area contributed by atoms with Gasteiger partial charge in [0.05, 0.1) is 11.3 Å². The Bertz CT molecular complexity index is 784. The molecule has 1 aliphatic rings. The summed E-state index contributed by atoms with van der Waals surface area (Å²) in [5.41, 5.74) is 6.48. The number of rotatable bonds is 6. The van der Waals surface area contributed by atoms with Crippen molar-refractivity contribution < 1.29 is 14.7 Å². The molecule has 1 aromatic heterocycles. The van der Waals surface area contributed by atoms with Crippen molar-refractivity contribution in [1.29, 1.82) is 0 Å². The lowest BCUT2D eigenvalue weighted by atomic mass is 10.2. The van der Waals surface area contributed by atoms with Crippen LogP contribution in [0.15, 0.2) is 35.7 Å². The molecule has 1 aliphatic heterocycles. The van der Waals surface area contributed by atoms with E-state index in [-0.39, 0.29) is 5.91 Å². The van der Waals surface area contributed by atoms with Crippen LogP contribution in [0.25, 0.3) is 0 Å². The maximum atomic E-state index is 12.1. The van der Waals surface area contributed by atoms with E-state index in [9.17, 15) is 14.7 Å². The number of phenolic OH excluding ortho intramolecular Hbond substituents is 1. The van der Waals surface area contributed by atoms with Crippen LogP contribution in [0.3, 0.4) is 0 Å². The molecule has 2 heterocycles. The molecule has 138 valence electrons. The SMILES string of the molecule is NC(=O)c1ccsc1NC(=O)CCN1CCN(c2ccccc2O)CC1. The number of primary amides is 1. The summed E-state index contributed by atoms with van der Waals surface area (Å²) in [5, 5.41) is 14.9. The highest BCUT2D eigenvalue weighted by atomic mass is 32.1. The second-order valence-corrected chi connectivity index (χ2v) is 7.06. The second-order valence-electron chi connectivity index (χ2n) is 6.14. The van der Waals surface area contributed by atoms with Gasteiger partial charge in [0.2, 0.25) is 5.91 Å². The van der Waals surface area contributed by atoms with E-state index in [4.69, 9.17) is 5.73 Å². The minimum Gasteiger partial charge on any atom is -0.506 e. The molecular weight excluding hydrogens is 352 g/mol. The average Bonchev–Trinajstić information content (AvgIpc) is 3.09. The fourth-order valence-corrected chi connectivity index (χ4v) is 3.80. The Morgan fingerprint density at radius 1 is 1.15 bits per heavy atom. The van der Waals surface area contributed by atoms with Gasteiger partial charge in [-0.25, -0.2) is 0 Å². The summed E-state index contributed by atoms with van der Waals surface area (Å²) in [7, 11) is 0. The molecule has 1 aromatic carbocycles. The predicted molar refractivity (Wildman–Crippen MR) is 103 cm³/mol. The molecule has 0 aliphatic carbocycles. The maximum Gasteiger partial charge on any atom is 0.251 e. The lowest BCUT2D eigenvalue weighted by Crippen LogP contribution is -2.47. The summed E-state index contributed by atoms with van der Waals surface area (Å²) >= 11 is 1.29. The number of carbonyl (C=O) groups excluding carboxylic acids is 2. The van der Waals surface area contributed by atoms with E-state index in [1.807, 2.05) is 18.2 Å². The van der Waals surface area contributed by atoms with Gasteiger partial charge in [-0.3, -0.25) is 14.5 Å². The number of benzene rings is 1. The van der Waals surface area contributed by atoms with Gasteiger partial charge in [-0.05, 0) is 23.6 Å². The minimum absolute atomic E-state index is 0.127. The minimum atomic E-state index is -0.540. The number of nitrogens with zero attached hydrogens (tertiary/aromatic N) is 2. The molecule has 1 fully saturated rings. The number of carbonyl (C=O) groups is 2. The van der Waals surface area contributed by atoms with Gasteiger partial charge < -0.3 is 21.1 Å². The monoisotopic (exact) mass is 374 g/mol. The molecule has 7 nitrogen and oxygen atoms in total. The number of aromatic hydroxyl groups is 1. The normalized spacial score (nSPS) is 15.0. The van der Waals surface area contributed by atoms with Crippen molar-refractivity contribution in [3.8, 4) is 5.75 Å². The van der Waals surface area contributed by atoms with Gasteiger partial charge in [-0.2, -0.15) is 0 Å². The first-order chi connectivity index (χ1) is 12.5. The van der Waals surface area contributed by atoms with Crippen LogP contribution in [-0.4, -0.2) is 54.5 Å². The van der Waals surface area contributed by atoms with Gasteiger partial charge >= 0.3 is 0 Å². The van der Waals surface area contributed by atoms with Crippen molar-refractivity contribution in [2.24, 2.45) is 5.73 Å². The summed E-state index contributed by atoms with van der Waals surface area (Å²) in [6.45, 7) is 3.91. The number of nitrogens with two attached hydrogens (primary N) is 1. The van der Waals surface area contributed by atoms with Crippen LogP contribution in [-0.2, 0) is 4.79 Å². The van der Waals surface area contributed by atoms with Crippen molar-refractivity contribution in [2.45, 2.75) is 6.42 Å². The molecule has 0 spiro atoms. The Balaban J connectivity index is 1.45. The first-order valence-electron chi connectivity index (χ1n) is 8.47. The third-order valence-corrected chi connectivity index (χ3v) is 5.26. The number of anilines is 2. The van der Waals surface area contributed by atoms with E-state index in [0.29, 0.717) is 29.3 Å². The zero-order valence-electron chi connectivity index (χ0n) is 14.4. The van der Waals surface area contributed by atoms with Gasteiger partial charge in [0.25, 0.3) is 5.91 Å². The van der Waals surface area contributed by atoms with Crippen LogP contribution in [0.1, 0.15) is 16.8 Å². The van der Waals surface area contributed by atoms with E-state index < -0.39 is 5.91 Å². The largest absolute Gasteiger partial charge is 0.506 e. The Morgan fingerprint density at radius 2 is 1.88 bits per heavy atom. The molecule has 0 unspecified atom stereocenters. The van der Waals surface area contributed by atoms with Crippen LogP contribution in [0.4, 0.5) is 10.7 Å². The predicted octanol–water partition coefficient (Wildman–Crippen LogP) is 1.70. The van der Waals surface area contributed by atoms with E-state index in [0.717, 1.165) is 31.9 Å². The highest BCUT2D eigenvalue weighted by Gasteiger charge is 2.20. The summed E-state index contributed by atoms with van der Waals surface area (Å²) in [5.74, 6) is -0.374. The summed E-state index contributed by atoms with van der Waals surface area (Å²) in [6.07, 6.45) is 0.354. The van der Waals surface area contributed by atoms with Crippen LogP contribution in [0.5, 0.6) is 5.75 Å². The zero-order valence-corrected chi connectivity index (χ0v) is 15.2. The number of piperazine rings is 1. The molecule has 0 saturated carbocycles. The number of hydrogen-bond acceptors (Lipinski definition) is 6. The van der Waals surface area contributed by atoms with Crippen molar-refractivity contribution >= 4 is 33.8 Å². The van der Waals surface area contributed by atoms with Crippen LogP contribution in [0, 0.1) is 0 Å². The quantitative estimate of drug-likeness (QED) is 0.715. The first-order valence-corrected chi connectivity index (χ1v) is 9.35. The zero-order chi connectivity index (χ0) is 18.5. The van der Waals surface area contributed by atoms with Crippen molar-refractivity contribution in [1.82, 2.24) is 4.90 Å². The van der Waals surface area contributed by atoms with E-state index >= 15 is 0 Å². The molecule has 4 N–H and O–H groups in total. The second kappa shape index (κ2) is 8.20. The van der Waals surface area contributed by atoms with Gasteiger partial charge in [-0.15, -0.1) is 11.3 Å². The summed E-state index contributed by atoms with van der Waals surface area (Å²) in [4.78, 5) is 27.8. The molecule has 0 bridgehead atoms. The first kappa shape index (κ1) is 18.2. The molecule has 0 atom stereocenters. The average molecular weight is 374 g/mol. The van der Waals surface area contributed by atoms with E-state index in [2.05, 4.69) is 15.1 Å². The fraction of sp³-hybridized carbons (Fsp3) is 0.333. The van der Waals surface area contributed by atoms with Gasteiger partial charge in [0.15, 0.2) is 0 Å². The molecule has 0 radical (unpaired) electrons. The summed E-state index contributed by atoms with van der Waals surface area (Å²) in [6, 6.07) is 8.94. The Labute approximate surface area is 156 Å². The number of hydrogen-bond donors (Lipinski definition) is 3. The van der Waals surface area contributed by atoms with Crippen molar-refractivity contribution in [3.05, 3.63) is 41.3 Å². The van der Waals surface area contributed by atoms with Crippen LogP contribution in [0.2, 0.25) is 0 Å². The molecule has 1 saturated heterocycles. The molecular formula is C18H22N4O3S. The highest BCUT2D eigenvalue weighted by molar-refractivity contribution is 7.14. The third-order valence-electron chi connectivity index (χ3n) is 4.43. The van der Waals surface area contributed by atoms with E-state index in [1.54, 1.807) is 17.5 Å². The van der Waals surface area contributed by atoms with Gasteiger partial charge in [-0.1, -0.05) is 12.1 Å². The Hall–Kier alpha value is -2.58. The number of amides is 2. The number of nitrogens with one attached hydrogen (secondary N) is 1. The van der Waals surface area contributed by atoms with Gasteiger partial charge in [0, 0.05) is 39.1 Å². The molecule has 3 rings (SSSR count). The lowest BCUT2D eigenvalue weighted by Gasteiger charge is -2.36. The third kappa shape index (κ3) is 4.33. The fourth-order valence-electron chi connectivity index (χ4n) is 2.99. The molecule has 26 heavy (non-hydrogen) atoms.